The third kappa shape index (κ3) is 4.53. The van der Waals surface area contributed by atoms with Crippen LogP contribution in [0.1, 0.15) is 5.56 Å². The molecular weight excluding hydrogens is 344 g/mol. The predicted molar refractivity (Wildman–Crippen MR) is 77.8 cm³/mol. The lowest BCUT2D eigenvalue weighted by Crippen LogP contribution is -2.28. The van der Waals surface area contributed by atoms with E-state index in [4.69, 9.17) is 4.74 Å². The Kier molecular flexibility index (Phi) is 5.27. The minimum atomic E-state index is -0.404. The first-order valence-electron chi connectivity index (χ1n) is 6.14. The molecule has 6 heteroatoms. The lowest BCUT2D eigenvalue weighted by molar-refractivity contribution is -0.123. The topological polar surface area (TPSA) is 38.3 Å². The Morgan fingerprint density at radius 2 is 1.95 bits per heavy atom. The van der Waals surface area contributed by atoms with Gasteiger partial charge < -0.3 is 10.1 Å². The number of halogens is 3. The number of carbonyl (C=O) groups excluding carboxylic acids is 1. The van der Waals surface area contributed by atoms with Crippen molar-refractivity contribution in [3.05, 3.63) is 64.1 Å². The summed E-state index contributed by atoms with van der Waals surface area (Å²) in [6, 6.07) is 10.1. The number of hydrogen-bond donors (Lipinski definition) is 1. The minimum absolute atomic E-state index is 0.0828. The molecule has 2 rings (SSSR count). The summed E-state index contributed by atoms with van der Waals surface area (Å²) in [4.78, 5) is 11.6. The molecule has 0 atom stereocenters. The monoisotopic (exact) mass is 355 g/mol. The first kappa shape index (κ1) is 15.4. The molecule has 2 aromatic rings. The summed E-state index contributed by atoms with van der Waals surface area (Å²) in [5.41, 5.74) is 0.397. The lowest BCUT2D eigenvalue weighted by Gasteiger charge is -2.09. The summed E-state index contributed by atoms with van der Waals surface area (Å²) < 4.78 is 31.9. The normalized spacial score (nSPS) is 10.2. The molecule has 0 radical (unpaired) electrons. The second-order valence-electron chi connectivity index (χ2n) is 4.23. The van der Waals surface area contributed by atoms with Crippen molar-refractivity contribution >= 4 is 21.8 Å². The summed E-state index contributed by atoms with van der Waals surface area (Å²) in [7, 11) is 0. The highest BCUT2D eigenvalue weighted by molar-refractivity contribution is 9.10. The van der Waals surface area contributed by atoms with Gasteiger partial charge in [-0.1, -0.05) is 18.2 Å². The van der Waals surface area contributed by atoms with Crippen LogP contribution in [0.3, 0.4) is 0 Å². The van der Waals surface area contributed by atoms with Crippen molar-refractivity contribution in [2.24, 2.45) is 0 Å². The summed E-state index contributed by atoms with van der Waals surface area (Å²) in [5, 5.41) is 2.55. The van der Waals surface area contributed by atoms with E-state index in [1.165, 1.54) is 24.3 Å². The standard InChI is InChI=1S/C15H12BrF2NO2/c16-12-7-11(17)5-6-14(12)21-9-15(20)19-8-10-3-1-2-4-13(10)18/h1-7H,8-9H2,(H,19,20). The van der Waals surface area contributed by atoms with Gasteiger partial charge >= 0.3 is 0 Å². The minimum Gasteiger partial charge on any atom is -0.483 e. The third-order valence-electron chi connectivity index (χ3n) is 2.69. The number of carbonyl (C=O) groups is 1. The van der Waals surface area contributed by atoms with Gasteiger partial charge in [0.15, 0.2) is 6.61 Å². The highest BCUT2D eigenvalue weighted by atomic mass is 79.9. The Balaban J connectivity index is 1.84. The fourth-order valence-corrected chi connectivity index (χ4v) is 2.09. The molecule has 1 N–H and O–H groups in total. The largest absolute Gasteiger partial charge is 0.483 e. The Bertz CT molecular complexity index is 649. The molecule has 0 aliphatic rings. The SMILES string of the molecule is O=C(COc1ccc(F)cc1Br)NCc1ccccc1F. The van der Waals surface area contributed by atoms with Gasteiger partial charge in [0.25, 0.3) is 5.91 Å². The Morgan fingerprint density at radius 1 is 1.19 bits per heavy atom. The summed E-state index contributed by atoms with van der Waals surface area (Å²) in [6.07, 6.45) is 0. The Hall–Kier alpha value is -1.95. The van der Waals surface area contributed by atoms with Gasteiger partial charge in [0.05, 0.1) is 4.47 Å². The maximum Gasteiger partial charge on any atom is 0.258 e. The van der Waals surface area contributed by atoms with Crippen molar-refractivity contribution in [3.63, 3.8) is 0 Å². The van der Waals surface area contributed by atoms with E-state index in [1.54, 1.807) is 18.2 Å². The molecule has 0 aliphatic carbocycles. The molecule has 3 nitrogen and oxygen atoms in total. The van der Waals surface area contributed by atoms with Crippen molar-refractivity contribution in [2.75, 3.05) is 6.61 Å². The van der Waals surface area contributed by atoms with Crippen LogP contribution in [0.25, 0.3) is 0 Å². The maximum atomic E-state index is 13.4. The lowest BCUT2D eigenvalue weighted by atomic mass is 10.2. The van der Waals surface area contributed by atoms with E-state index in [1.807, 2.05) is 0 Å². The van der Waals surface area contributed by atoms with Gasteiger partial charge in [0.2, 0.25) is 0 Å². The van der Waals surface area contributed by atoms with Crippen LogP contribution in [-0.2, 0) is 11.3 Å². The van der Waals surface area contributed by atoms with Crippen LogP contribution in [0, 0.1) is 11.6 Å². The molecule has 2 aromatic carbocycles. The Labute approximate surface area is 129 Å². The fourth-order valence-electron chi connectivity index (χ4n) is 1.62. The number of hydrogen-bond acceptors (Lipinski definition) is 2. The van der Waals surface area contributed by atoms with E-state index in [2.05, 4.69) is 21.2 Å². The fraction of sp³-hybridized carbons (Fsp3) is 0.133. The molecule has 21 heavy (non-hydrogen) atoms. The zero-order chi connectivity index (χ0) is 15.2. The molecule has 0 heterocycles. The van der Waals surface area contributed by atoms with E-state index in [9.17, 15) is 13.6 Å². The number of benzene rings is 2. The molecule has 0 fully saturated rings. The quantitative estimate of drug-likeness (QED) is 0.892. The number of amides is 1. The maximum absolute atomic E-state index is 13.4. The van der Waals surface area contributed by atoms with Crippen LogP contribution in [0.4, 0.5) is 8.78 Å². The van der Waals surface area contributed by atoms with E-state index >= 15 is 0 Å². The molecule has 0 unspecified atom stereocenters. The van der Waals surface area contributed by atoms with Crippen LogP contribution in [0.15, 0.2) is 46.9 Å². The molecule has 0 saturated heterocycles. The average molecular weight is 356 g/mol. The van der Waals surface area contributed by atoms with Gasteiger partial charge in [0, 0.05) is 12.1 Å². The molecule has 110 valence electrons. The molecule has 0 bridgehead atoms. The zero-order valence-corrected chi connectivity index (χ0v) is 12.5. The van der Waals surface area contributed by atoms with Gasteiger partial charge in [-0.25, -0.2) is 8.78 Å². The van der Waals surface area contributed by atoms with Crippen LogP contribution in [0.2, 0.25) is 0 Å². The highest BCUT2D eigenvalue weighted by Gasteiger charge is 2.07. The van der Waals surface area contributed by atoms with E-state index in [-0.39, 0.29) is 19.0 Å². The van der Waals surface area contributed by atoms with E-state index in [0.717, 1.165) is 0 Å². The molecule has 1 amide bonds. The molecule has 0 aliphatic heterocycles. The van der Waals surface area contributed by atoms with Gasteiger partial charge in [-0.3, -0.25) is 4.79 Å². The highest BCUT2D eigenvalue weighted by Crippen LogP contribution is 2.25. The summed E-state index contributed by atoms with van der Waals surface area (Å²) in [6.45, 7) is -0.155. The second kappa shape index (κ2) is 7.17. The van der Waals surface area contributed by atoms with Crippen molar-refractivity contribution in [1.29, 1.82) is 0 Å². The molecule has 0 spiro atoms. The van der Waals surface area contributed by atoms with Gasteiger partial charge in [-0.2, -0.15) is 0 Å². The van der Waals surface area contributed by atoms with Crippen molar-refractivity contribution in [3.8, 4) is 5.75 Å². The smallest absolute Gasteiger partial charge is 0.258 e. The zero-order valence-electron chi connectivity index (χ0n) is 10.9. The van der Waals surface area contributed by atoms with Crippen molar-refractivity contribution in [2.45, 2.75) is 6.54 Å². The van der Waals surface area contributed by atoms with Gasteiger partial charge in [-0.05, 0) is 40.2 Å². The van der Waals surface area contributed by atoms with Crippen molar-refractivity contribution in [1.82, 2.24) is 5.32 Å². The average Bonchev–Trinajstić information content (AvgIpc) is 2.45. The van der Waals surface area contributed by atoms with Crippen LogP contribution < -0.4 is 10.1 Å². The van der Waals surface area contributed by atoms with Crippen molar-refractivity contribution < 1.29 is 18.3 Å². The number of ether oxygens (including phenoxy) is 1. The molecule has 0 saturated carbocycles. The van der Waals surface area contributed by atoms with E-state index in [0.29, 0.717) is 15.8 Å². The van der Waals surface area contributed by atoms with Crippen LogP contribution in [-0.4, -0.2) is 12.5 Å². The first-order chi connectivity index (χ1) is 10.1. The number of nitrogens with one attached hydrogen (secondary N) is 1. The Morgan fingerprint density at radius 3 is 2.67 bits per heavy atom. The second-order valence-corrected chi connectivity index (χ2v) is 5.09. The summed E-state index contributed by atoms with van der Waals surface area (Å²) >= 11 is 3.14. The number of rotatable bonds is 5. The van der Waals surface area contributed by atoms with Crippen LogP contribution >= 0.6 is 15.9 Å². The van der Waals surface area contributed by atoms with E-state index < -0.39 is 11.7 Å². The first-order valence-corrected chi connectivity index (χ1v) is 6.93. The molecular formula is C15H12BrF2NO2. The van der Waals surface area contributed by atoms with Gasteiger partial charge in [-0.15, -0.1) is 0 Å². The van der Waals surface area contributed by atoms with Gasteiger partial charge in [0.1, 0.15) is 17.4 Å². The third-order valence-corrected chi connectivity index (χ3v) is 3.31. The summed E-state index contributed by atoms with van der Waals surface area (Å²) in [5.74, 6) is -0.815. The predicted octanol–water partition coefficient (Wildman–Crippen LogP) is 3.42. The van der Waals surface area contributed by atoms with Crippen LogP contribution in [0.5, 0.6) is 5.75 Å². The molecule has 0 aromatic heterocycles.